The predicted molar refractivity (Wildman–Crippen MR) is 104 cm³/mol. The van der Waals surface area contributed by atoms with Crippen molar-refractivity contribution < 1.29 is 9.59 Å². The van der Waals surface area contributed by atoms with E-state index in [2.05, 4.69) is 15.3 Å². The third-order valence-corrected chi connectivity index (χ3v) is 4.54. The fraction of sp³-hybridized carbons (Fsp3) is 0.158. The van der Waals surface area contributed by atoms with Crippen LogP contribution in [0.25, 0.3) is 11.0 Å². The van der Waals surface area contributed by atoms with Crippen molar-refractivity contribution in [1.29, 1.82) is 0 Å². The summed E-state index contributed by atoms with van der Waals surface area (Å²) in [6.45, 7) is 0.967. The quantitative estimate of drug-likeness (QED) is 0.753. The molecule has 0 atom stereocenters. The molecule has 1 saturated heterocycles. The average Bonchev–Trinajstić information content (AvgIpc) is 3.02. The second-order valence-corrected chi connectivity index (χ2v) is 6.58. The number of rotatable bonds is 4. The van der Waals surface area contributed by atoms with Gasteiger partial charge in [-0.05, 0) is 36.4 Å². The monoisotopic (exact) mass is 381 g/mol. The van der Waals surface area contributed by atoms with Crippen molar-refractivity contribution in [3.63, 3.8) is 0 Å². The van der Waals surface area contributed by atoms with Gasteiger partial charge in [-0.3, -0.25) is 19.7 Å². The highest BCUT2D eigenvalue weighted by molar-refractivity contribution is 6.30. The lowest BCUT2D eigenvalue weighted by atomic mass is 10.2. The zero-order chi connectivity index (χ0) is 18.8. The first-order valence-corrected chi connectivity index (χ1v) is 8.80. The Balaban J connectivity index is 1.41. The Morgan fingerprint density at radius 3 is 2.70 bits per heavy atom. The molecule has 0 saturated carbocycles. The number of hydrogen-bond acceptors (Lipinski definition) is 4. The maximum absolute atomic E-state index is 12.6. The molecular formula is C19H16ClN5O2. The van der Waals surface area contributed by atoms with E-state index in [1.165, 1.54) is 4.90 Å². The van der Waals surface area contributed by atoms with Crippen molar-refractivity contribution in [2.75, 3.05) is 29.9 Å². The minimum absolute atomic E-state index is 0.0194. The fourth-order valence-corrected chi connectivity index (χ4v) is 3.21. The Hall–Kier alpha value is -3.19. The average molecular weight is 382 g/mol. The molecule has 136 valence electrons. The van der Waals surface area contributed by atoms with Crippen molar-refractivity contribution in [2.24, 2.45) is 0 Å². The Kier molecular flexibility index (Phi) is 4.60. The summed E-state index contributed by atoms with van der Waals surface area (Å²) in [6, 6.07) is 12.2. The van der Waals surface area contributed by atoms with Crippen LogP contribution >= 0.6 is 11.6 Å². The zero-order valence-electron chi connectivity index (χ0n) is 14.3. The van der Waals surface area contributed by atoms with E-state index in [1.807, 2.05) is 6.07 Å². The topological polar surface area (TPSA) is 78.4 Å². The summed E-state index contributed by atoms with van der Waals surface area (Å²) in [7, 11) is 0. The highest BCUT2D eigenvalue weighted by atomic mass is 35.5. The van der Waals surface area contributed by atoms with Crippen LogP contribution in [0.15, 0.2) is 54.9 Å². The molecule has 4 rings (SSSR count). The number of benzene rings is 2. The fourth-order valence-electron chi connectivity index (χ4n) is 3.03. The Bertz CT molecular complexity index is 1030. The van der Waals surface area contributed by atoms with E-state index in [1.54, 1.807) is 53.7 Å². The van der Waals surface area contributed by atoms with Gasteiger partial charge >= 0.3 is 6.03 Å². The van der Waals surface area contributed by atoms with Crippen LogP contribution in [0.2, 0.25) is 5.02 Å². The summed E-state index contributed by atoms with van der Waals surface area (Å²) in [5, 5.41) is 3.37. The highest BCUT2D eigenvalue weighted by Gasteiger charge is 2.30. The second kappa shape index (κ2) is 7.20. The number of halogens is 1. The molecule has 1 N–H and O–H groups in total. The molecule has 1 aliphatic heterocycles. The largest absolute Gasteiger partial charge is 0.325 e. The molecule has 8 heteroatoms. The summed E-state index contributed by atoms with van der Waals surface area (Å²) < 4.78 is 0. The van der Waals surface area contributed by atoms with Crippen LogP contribution in [0.5, 0.6) is 0 Å². The Labute approximate surface area is 160 Å². The van der Waals surface area contributed by atoms with Crippen molar-refractivity contribution in [1.82, 2.24) is 14.9 Å². The molecule has 3 aromatic rings. The van der Waals surface area contributed by atoms with Crippen molar-refractivity contribution >= 4 is 45.9 Å². The van der Waals surface area contributed by atoms with Gasteiger partial charge in [0.05, 0.1) is 11.0 Å². The minimum atomic E-state index is -0.264. The smallest absolute Gasteiger partial charge is 0.324 e. The predicted octanol–water partition coefficient (Wildman–Crippen LogP) is 3.16. The lowest BCUT2D eigenvalue weighted by molar-refractivity contribution is -0.116. The first-order chi connectivity index (χ1) is 13.1. The third kappa shape index (κ3) is 3.68. The molecule has 27 heavy (non-hydrogen) atoms. The molecule has 0 unspecified atom stereocenters. The minimum Gasteiger partial charge on any atom is -0.324 e. The van der Waals surface area contributed by atoms with Crippen molar-refractivity contribution in [2.45, 2.75) is 0 Å². The molecule has 2 heterocycles. The molecule has 1 aliphatic rings. The van der Waals surface area contributed by atoms with Gasteiger partial charge in [-0.2, -0.15) is 0 Å². The Morgan fingerprint density at radius 2 is 1.89 bits per heavy atom. The maximum Gasteiger partial charge on any atom is 0.325 e. The number of anilines is 2. The van der Waals surface area contributed by atoms with Gasteiger partial charge in [-0.15, -0.1) is 0 Å². The van der Waals surface area contributed by atoms with Gasteiger partial charge in [0, 0.05) is 41.9 Å². The molecule has 1 aromatic heterocycles. The maximum atomic E-state index is 12.6. The summed E-state index contributed by atoms with van der Waals surface area (Å²) in [6.07, 6.45) is 3.21. The van der Waals surface area contributed by atoms with Crippen LogP contribution in [0.4, 0.5) is 16.2 Å². The highest BCUT2D eigenvalue weighted by Crippen LogP contribution is 2.23. The van der Waals surface area contributed by atoms with Crippen LogP contribution in [0, 0.1) is 0 Å². The lowest BCUT2D eigenvalue weighted by Crippen LogP contribution is -2.37. The van der Waals surface area contributed by atoms with E-state index in [9.17, 15) is 9.59 Å². The number of amides is 3. The van der Waals surface area contributed by atoms with E-state index in [4.69, 9.17) is 11.6 Å². The molecule has 0 radical (unpaired) electrons. The summed E-state index contributed by atoms with van der Waals surface area (Å²) >= 11 is 6.00. The Morgan fingerprint density at radius 1 is 1.07 bits per heavy atom. The first-order valence-electron chi connectivity index (χ1n) is 8.43. The number of carbonyl (C=O) groups excluding carboxylic acids is 2. The van der Waals surface area contributed by atoms with E-state index < -0.39 is 0 Å². The van der Waals surface area contributed by atoms with Gasteiger partial charge in [0.25, 0.3) is 0 Å². The molecule has 2 aromatic carbocycles. The van der Waals surface area contributed by atoms with E-state index >= 15 is 0 Å². The molecule has 0 bridgehead atoms. The zero-order valence-corrected chi connectivity index (χ0v) is 15.1. The number of fused-ring (bicyclic) bond motifs is 1. The van der Waals surface area contributed by atoms with Crippen LogP contribution < -0.4 is 10.2 Å². The van der Waals surface area contributed by atoms with Crippen LogP contribution in [0.1, 0.15) is 0 Å². The number of aromatic nitrogens is 2. The van der Waals surface area contributed by atoms with Gasteiger partial charge in [0.1, 0.15) is 6.54 Å². The van der Waals surface area contributed by atoms with Gasteiger partial charge < -0.3 is 10.2 Å². The van der Waals surface area contributed by atoms with E-state index in [0.717, 1.165) is 11.2 Å². The van der Waals surface area contributed by atoms with E-state index in [0.29, 0.717) is 29.3 Å². The molecular weight excluding hydrogens is 366 g/mol. The van der Waals surface area contributed by atoms with Gasteiger partial charge in [0.2, 0.25) is 5.91 Å². The standard InChI is InChI=1S/C19H16ClN5O2/c20-13-2-1-3-15(10-13)25-9-8-24(19(25)27)12-18(26)23-14-4-5-16-17(11-14)22-7-6-21-16/h1-7,10-11H,8-9,12H2,(H,23,26). The SMILES string of the molecule is O=C(CN1CCN(c2cccc(Cl)c2)C1=O)Nc1ccc2nccnc2c1. The molecule has 0 aliphatic carbocycles. The number of carbonyl (C=O) groups is 2. The number of nitrogens with zero attached hydrogens (tertiary/aromatic N) is 4. The van der Waals surface area contributed by atoms with Crippen LogP contribution in [-0.2, 0) is 4.79 Å². The number of urea groups is 1. The molecule has 1 fully saturated rings. The third-order valence-electron chi connectivity index (χ3n) is 4.30. The summed E-state index contributed by atoms with van der Waals surface area (Å²) in [4.78, 5) is 36.5. The number of hydrogen-bond donors (Lipinski definition) is 1. The van der Waals surface area contributed by atoms with Crippen molar-refractivity contribution in [3.05, 3.63) is 59.9 Å². The second-order valence-electron chi connectivity index (χ2n) is 6.14. The van der Waals surface area contributed by atoms with Crippen LogP contribution in [-0.4, -0.2) is 46.4 Å². The summed E-state index contributed by atoms with van der Waals surface area (Å²) in [5.74, 6) is -0.264. The molecule has 3 amide bonds. The van der Waals surface area contributed by atoms with Gasteiger partial charge in [-0.25, -0.2) is 4.79 Å². The summed E-state index contributed by atoms with van der Waals surface area (Å²) in [5.41, 5.74) is 2.79. The molecule has 0 spiro atoms. The first kappa shape index (κ1) is 17.2. The lowest BCUT2D eigenvalue weighted by Gasteiger charge is -2.18. The van der Waals surface area contributed by atoms with Gasteiger partial charge in [-0.1, -0.05) is 17.7 Å². The van der Waals surface area contributed by atoms with Crippen molar-refractivity contribution in [3.8, 4) is 0 Å². The van der Waals surface area contributed by atoms with Gasteiger partial charge in [0.15, 0.2) is 0 Å². The van der Waals surface area contributed by atoms with E-state index in [-0.39, 0.29) is 18.5 Å². The normalized spacial score (nSPS) is 14.0. The van der Waals surface area contributed by atoms with Crippen LogP contribution in [0.3, 0.4) is 0 Å². The number of nitrogens with one attached hydrogen (secondary N) is 1. The molecule has 7 nitrogen and oxygen atoms in total.